The molecule has 1 saturated carbocycles. The van der Waals surface area contributed by atoms with Crippen molar-refractivity contribution in [3.8, 4) is 5.75 Å². The molecule has 2 N–H and O–H groups in total. The number of hydrogen-bond acceptors (Lipinski definition) is 3. The third kappa shape index (κ3) is 3.50. The summed E-state index contributed by atoms with van der Waals surface area (Å²) in [4.78, 5) is 12.1. The van der Waals surface area contributed by atoms with Crippen LogP contribution in [-0.4, -0.2) is 19.2 Å². The van der Waals surface area contributed by atoms with Crippen LogP contribution < -0.4 is 15.4 Å². The predicted octanol–water partition coefficient (Wildman–Crippen LogP) is 3.51. The van der Waals surface area contributed by atoms with E-state index in [0.717, 1.165) is 29.3 Å². The zero-order valence-corrected chi connectivity index (χ0v) is 13.6. The van der Waals surface area contributed by atoms with Crippen molar-refractivity contribution in [1.82, 2.24) is 10.6 Å². The van der Waals surface area contributed by atoms with Crippen LogP contribution in [0.5, 0.6) is 5.75 Å². The molecule has 1 aromatic heterocycles. The van der Waals surface area contributed by atoms with Crippen LogP contribution in [0.3, 0.4) is 0 Å². The largest absolute Gasteiger partial charge is 0.496 e. The van der Waals surface area contributed by atoms with E-state index in [2.05, 4.69) is 16.7 Å². The number of urea groups is 1. The molecule has 2 amide bonds. The van der Waals surface area contributed by atoms with E-state index in [1.165, 1.54) is 0 Å². The first kappa shape index (κ1) is 15.5. The van der Waals surface area contributed by atoms with Crippen LogP contribution in [-0.2, 0) is 0 Å². The molecule has 0 bridgehead atoms. The van der Waals surface area contributed by atoms with Crippen molar-refractivity contribution in [2.45, 2.75) is 38.3 Å². The van der Waals surface area contributed by atoms with Crippen LogP contribution in [0.4, 0.5) is 4.79 Å². The highest BCUT2D eigenvalue weighted by atomic mass is 16.5. The molecule has 0 spiro atoms. The zero-order chi connectivity index (χ0) is 16.4. The lowest BCUT2D eigenvalue weighted by Crippen LogP contribution is -2.38. The SMILES string of the molecule is COc1ccccc1C1CC1NC(=O)NC(C)c1ccc(C)o1. The van der Waals surface area contributed by atoms with Gasteiger partial charge in [-0.1, -0.05) is 18.2 Å². The number of nitrogens with one attached hydrogen (secondary N) is 2. The summed E-state index contributed by atoms with van der Waals surface area (Å²) in [6.07, 6.45) is 0.933. The summed E-state index contributed by atoms with van der Waals surface area (Å²) in [6, 6.07) is 11.5. The number of carbonyl (C=O) groups is 1. The minimum Gasteiger partial charge on any atom is -0.496 e. The topological polar surface area (TPSA) is 63.5 Å². The average molecular weight is 314 g/mol. The Labute approximate surface area is 136 Å². The molecule has 1 aromatic carbocycles. The van der Waals surface area contributed by atoms with Crippen molar-refractivity contribution < 1.29 is 13.9 Å². The Kier molecular flexibility index (Phi) is 4.28. The molecule has 5 heteroatoms. The van der Waals surface area contributed by atoms with Crippen LogP contribution in [0.15, 0.2) is 40.8 Å². The molecule has 1 heterocycles. The van der Waals surface area contributed by atoms with Crippen LogP contribution in [0.25, 0.3) is 0 Å². The molecule has 1 aliphatic carbocycles. The third-order valence-corrected chi connectivity index (χ3v) is 4.18. The van der Waals surface area contributed by atoms with Gasteiger partial charge in [0, 0.05) is 12.0 Å². The fourth-order valence-corrected chi connectivity index (χ4v) is 2.83. The number of hydrogen-bond donors (Lipinski definition) is 2. The van der Waals surface area contributed by atoms with Gasteiger partial charge in [0.15, 0.2) is 0 Å². The van der Waals surface area contributed by atoms with Crippen molar-refractivity contribution in [3.05, 3.63) is 53.5 Å². The van der Waals surface area contributed by atoms with Gasteiger partial charge in [-0.2, -0.15) is 0 Å². The summed E-state index contributed by atoms with van der Waals surface area (Å²) in [5, 5.41) is 5.92. The van der Waals surface area contributed by atoms with Crippen molar-refractivity contribution >= 4 is 6.03 Å². The monoisotopic (exact) mass is 314 g/mol. The van der Waals surface area contributed by atoms with Gasteiger partial charge in [-0.15, -0.1) is 0 Å². The summed E-state index contributed by atoms with van der Waals surface area (Å²) < 4.78 is 10.9. The van der Waals surface area contributed by atoms with Gasteiger partial charge in [-0.05, 0) is 44.0 Å². The summed E-state index contributed by atoms with van der Waals surface area (Å²) in [5.74, 6) is 2.79. The molecular formula is C18H22N2O3. The normalized spacial score (nSPS) is 20.7. The standard InChI is InChI=1S/C18H22N2O3/c1-11-8-9-16(23-11)12(2)19-18(21)20-15-10-14(15)13-6-4-5-7-17(13)22-3/h4-9,12,14-15H,10H2,1-3H3,(H2,19,20,21). The number of para-hydroxylation sites is 1. The fourth-order valence-electron chi connectivity index (χ4n) is 2.83. The van der Waals surface area contributed by atoms with E-state index in [4.69, 9.17) is 9.15 Å². The van der Waals surface area contributed by atoms with E-state index >= 15 is 0 Å². The number of benzene rings is 1. The quantitative estimate of drug-likeness (QED) is 0.887. The summed E-state index contributed by atoms with van der Waals surface area (Å²) in [6.45, 7) is 3.79. The lowest BCUT2D eigenvalue weighted by molar-refractivity contribution is 0.235. The lowest BCUT2D eigenvalue weighted by atomic mass is 10.1. The number of carbonyl (C=O) groups excluding carboxylic acids is 1. The maximum Gasteiger partial charge on any atom is 0.315 e. The van der Waals surface area contributed by atoms with E-state index in [9.17, 15) is 4.79 Å². The van der Waals surface area contributed by atoms with Crippen LogP contribution in [0.1, 0.15) is 42.4 Å². The molecule has 2 aromatic rings. The van der Waals surface area contributed by atoms with Gasteiger partial charge in [0.05, 0.1) is 13.2 Å². The number of furan rings is 1. The molecular weight excluding hydrogens is 292 g/mol. The second-order valence-corrected chi connectivity index (χ2v) is 5.98. The molecule has 1 fully saturated rings. The highest BCUT2D eigenvalue weighted by molar-refractivity contribution is 5.75. The Hall–Kier alpha value is -2.43. The van der Waals surface area contributed by atoms with E-state index in [-0.39, 0.29) is 18.1 Å². The number of ether oxygens (including phenoxy) is 1. The maximum atomic E-state index is 12.1. The van der Waals surface area contributed by atoms with Gasteiger partial charge in [0.25, 0.3) is 0 Å². The van der Waals surface area contributed by atoms with E-state index in [1.54, 1.807) is 7.11 Å². The number of methoxy groups -OCH3 is 1. The Balaban J connectivity index is 1.54. The Morgan fingerprint density at radius 1 is 1.30 bits per heavy atom. The van der Waals surface area contributed by atoms with Crippen LogP contribution in [0, 0.1) is 6.92 Å². The van der Waals surface area contributed by atoms with Crippen molar-refractivity contribution in [2.75, 3.05) is 7.11 Å². The fraction of sp³-hybridized carbons (Fsp3) is 0.389. The Morgan fingerprint density at radius 3 is 2.78 bits per heavy atom. The van der Waals surface area contributed by atoms with Gasteiger partial charge >= 0.3 is 6.03 Å². The molecule has 3 rings (SSSR count). The average Bonchev–Trinajstić information content (AvgIpc) is 3.15. The second kappa shape index (κ2) is 6.36. The second-order valence-electron chi connectivity index (χ2n) is 5.98. The van der Waals surface area contributed by atoms with E-state index in [0.29, 0.717) is 5.92 Å². The number of rotatable bonds is 5. The smallest absolute Gasteiger partial charge is 0.315 e. The highest BCUT2D eigenvalue weighted by Crippen LogP contribution is 2.44. The van der Waals surface area contributed by atoms with Crippen molar-refractivity contribution in [3.63, 3.8) is 0 Å². The molecule has 3 unspecified atom stereocenters. The molecule has 0 aliphatic heterocycles. The molecule has 0 radical (unpaired) electrons. The van der Waals surface area contributed by atoms with Crippen LogP contribution in [0.2, 0.25) is 0 Å². The Bertz CT molecular complexity index is 695. The first-order chi connectivity index (χ1) is 11.1. The molecule has 5 nitrogen and oxygen atoms in total. The number of amides is 2. The zero-order valence-electron chi connectivity index (χ0n) is 13.6. The van der Waals surface area contributed by atoms with Crippen molar-refractivity contribution in [1.29, 1.82) is 0 Å². The molecule has 3 atom stereocenters. The first-order valence-corrected chi connectivity index (χ1v) is 7.84. The van der Waals surface area contributed by atoms with E-state index in [1.807, 2.05) is 44.2 Å². The van der Waals surface area contributed by atoms with Gasteiger partial charge < -0.3 is 19.8 Å². The van der Waals surface area contributed by atoms with E-state index < -0.39 is 0 Å². The minimum absolute atomic E-state index is 0.150. The highest BCUT2D eigenvalue weighted by Gasteiger charge is 2.41. The number of aryl methyl sites for hydroxylation is 1. The van der Waals surface area contributed by atoms with Crippen molar-refractivity contribution in [2.24, 2.45) is 0 Å². The van der Waals surface area contributed by atoms with Gasteiger partial charge in [0.1, 0.15) is 17.3 Å². The van der Waals surface area contributed by atoms with Gasteiger partial charge in [-0.3, -0.25) is 0 Å². The molecule has 23 heavy (non-hydrogen) atoms. The molecule has 0 saturated heterocycles. The third-order valence-electron chi connectivity index (χ3n) is 4.18. The first-order valence-electron chi connectivity index (χ1n) is 7.84. The lowest BCUT2D eigenvalue weighted by Gasteiger charge is -2.13. The maximum absolute atomic E-state index is 12.1. The van der Waals surface area contributed by atoms with Gasteiger partial charge in [-0.25, -0.2) is 4.79 Å². The summed E-state index contributed by atoms with van der Waals surface area (Å²) in [7, 11) is 1.67. The predicted molar refractivity (Wildman–Crippen MR) is 87.7 cm³/mol. The minimum atomic E-state index is -0.172. The van der Waals surface area contributed by atoms with Crippen LogP contribution >= 0.6 is 0 Å². The summed E-state index contributed by atoms with van der Waals surface area (Å²) in [5.41, 5.74) is 1.15. The summed E-state index contributed by atoms with van der Waals surface area (Å²) >= 11 is 0. The molecule has 122 valence electrons. The van der Waals surface area contributed by atoms with Gasteiger partial charge in [0.2, 0.25) is 0 Å². The Morgan fingerprint density at radius 2 is 2.09 bits per heavy atom. The molecule has 1 aliphatic rings.